The lowest BCUT2D eigenvalue weighted by Gasteiger charge is -2.44. The number of hydrogen-bond acceptors (Lipinski definition) is 4. The molecule has 1 fully saturated rings. The number of ether oxygens (including phenoxy) is 1. The van der Waals surface area contributed by atoms with Crippen LogP contribution in [0.5, 0.6) is 0 Å². The summed E-state index contributed by atoms with van der Waals surface area (Å²) >= 11 is 0. The van der Waals surface area contributed by atoms with E-state index >= 15 is 0 Å². The molecule has 1 saturated heterocycles. The molecule has 0 amide bonds. The molecule has 1 unspecified atom stereocenters. The van der Waals surface area contributed by atoms with Gasteiger partial charge < -0.3 is 20.5 Å². The van der Waals surface area contributed by atoms with Crippen LogP contribution < -0.4 is 10.6 Å². The summed E-state index contributed by atoms with van der Waals surface area (Å²) in [5.41, 5.74) is 8.29. The van der Waals surface area contributed by atoms with E-state index in [9.17, 15) is 5.11 Å². The Kier molecular flexibility index (Phi) is 4.68. The number of benzene rings is 1. The first-order chi connectivity index (χ1) is 9.46. The molecule has 0 bridgehead atoms. The maximum absolute atomic E-state index is 9.44. The molecule has 1 aliphatic rings. The SMILES string of the molecule is CC[C@H](N)c1ccccc1N1CC(CO)OC(C)(C)C1. The molecular weight excluding hydrogens is 252 g/mol. The van der Waals surface area contributed by atoms with Crippen LogP contribution in [0.2, 0.25) is 0 Å². The van der Waals surface area contributed by atoms with Crippen LogP contribution in [0.3, 0.4) is 0 Å². The number of hydrogen-bond donors (Lipinski definition) is 2. The van der Waals surface area contributed by atoms with Crippen LogP contribution in [0.4, 0.5) is 5.69 Å². The number of aliphatic hydroxyl groups excluding tert-OH is 1. The third-order valence-corrected chi connectivity index (χ3v) is 3.80. The lowest BCUT2D eigenvalue weighted by atomic mass is 9.99. The molecule has 2 atom stereocenters. The third kappa shape index (κ3) is 3.32. The van der Waals surface area contributed by atoms with Gasteiger partial charge in [-0.1, -0.05) is 25.1 Å². The van der Waals surface area contributed by atoms with Crippen molar-refractivity contribution in [3.8, 4) is 0 Å². The smallest absolute Gasteiger partial charge is 0.0988 e. The van der Waals surface area contributed by atoms with E-state index < -0.39 is 0 Å². The summed E-state index contributed by atoms with van der Waals surface area (Å²) in [5.74, 6) is 0. The van der Waals surface area contributed by atoms with E-state index in [-0.39, 0.29) is 24.4 Å². The van der Waals surface area contributed by atoms with Gasteiger partial charge in [-0.15, -0.1) is 0 Å². The summed E-state index contributed by atoms with van der Waals surface area (Å²) in [7, 11) is 0. The van der Waals surface area contributed by atoms with Crippen LogP contribution in [0.15, 0.2) is 24.3 Å². The zero-order chi connectivity index (χ0) is 14.8. The van der Waals surface area contributed by atoms with E-state index in [1.807, 2.05) is 12.1 Å². The molecule has 0 aliphatic carbocycles. The van der Waals surface area contributed by atoms with Gasteiger partial charge >= 0.3 is 0 Å². The number of anilines is 1. The van der Waals surface area contributed by atoms with E-state index in [1.165, 1.54) is 5.56 Å². The highest BCUT2D eigenvalue weighted by molar-refractivity contribution is 5.55. The van der Waals surface area contributed by atoms with Gasteiger partial charge in [0.25, 0.3) is 0 Å². The van der Waals surface area contributed by atoms with Crippen molar-refractivity contribution in [2.45, 2.75) is 44.9 Å². The van der Waals surface area contributed by atoms with Crippen molar-refractivity contribution >= 4 is 5.69 Å². The highest BCUT2D eigenvalue weighted by atomic mass is 16.5. The summed E-state index contributed by atoms with van der Waals surface area (Å²) in [6.07, 6.45) is 0.762. The number of nitrogens with zero attached hydrogens (tertiary/aromatic N) is 1. The van der Waals surface area contributed by atoms with Gasteiger partial charge in [0.2, 0.25) is 0 Å². The molecule has 1 aromatic carbocycles. The van der Waals surface area contributed by atoms with Crippen LogP contribution >= 0.6 is 0 Å². The Balaban J connectivity index is 2.30. The van der Waals surface area contributed by atoms with Crippen LogP contribution in [0.25, 0.3) is 0 Å². The fraction of sp³-hybridized carbons (Fsp3) is 0.625. The quantitative estimate of drug-likeness (QED) is 0.885. The summed E-state index contributed by atoms with van der Waals surface area (Å²) < 4.78 is 5.88. The lowest BCUT2D eigenvalue weighted by molar-refractivity contribution is -0.101. The number of rotatable bonds is 4. The lowest BCUT2D eigenvalue weighted by Crippen LogP contribution is -2.54. The molecule has 4 nitrogen and oxygen atoms in total. The predicted octanol–water partition coefficient (Wildman–Crippen LogP) is 2.07. The Labute approximate surface area is 121 Å². The molecule has 4 heteroatoms. The van der Waals surface area contributed by atoms with Gasteiger partial charge in [-0.25, -0.2) is 0 Å². The van der Waals surface area contributed by atoms with Gasteiger partial charge in [0, 0.05) is 24.8 Å². The van der Waals surface area contributed by atoms with E-state index in [4.69, 9.17) is 10.5 Å². The Morgan fingerprint density at radius 3 is 2.80 bits per heavy atom. The first-order valence-electron chi connectivity index (χ1n) is 7.35. The fourth-order valence-electron chi connectivity index (χ4n) is 2.88. The Hall–Kier alpha value is -1.10. The maximum atomic E-state index is 9.44. The van der Waals surface area contributed by atoms with Crippen LogP contribution in [0, 0.1) is 0 Å². The molecule has 0 aromatic heterocycles. The molecule has 3 N–H and O–H groups in total. The highest BCUT2D eigenvalue weighted by Crippen LogP contribution is 2.31. The number of morpholine rings is 1. The second-order valence-electron chi connectivity index (χ2n) is 6.14. The maximum Gasteiger partial charge on any atom is 0.0988 e. The van der Waals surface area contributed by atoms with Gasteiger partial charge in [0.05, 0.1) is 18.3 Å². The van der Waals surface area contributed by atoms with E-state index in [1.54, 1.807) is 0 Å². The average Bonchev–Trinajstić information content (AvgIpc) is 2.44. The molecular formula is C16H26N2O2. The first kappa shape index (κ1) is 15.3. The van der Waals surface area contributed by atoms with E-state index in [0.29, 0.717) is 6.54 Å². The Morgan fingerprint density at radius 2 is 2.15 bits per heavy atom. The number of aliphatic hydroxyl groups is 1. The number of nitrogens with two attached hydrogens (primary N) is 1. The standard InChI is InChI=1S/C16H26N2O2/c1-4-14(17)13-7-5-6-8-15(13)18-9-12(10-19)20-16(2,3)11-18/h5-8,12,14,19H,4,9-11,17H2,1-3H3/t12?,14-/m0/s1. The van der Waals surface area contributed by atoms with Crippen LogP contribution in [-0.2, 0) is 4.74 Å². The topological polar surface area (TPSA) is 58.7 Å². The van der Waals surface area contributed by atoms with Gasteiger partial charge in [0.1, 0.15) is 0 Å². The molecule has 20 heavy (non-hydrogen) atoms. The van der Waals surface area contributed by atoms with Gasteiger partial charge in [-0.2, -0.15) is 0 Å². The molecule has 1 aliphatic heterocycles. The zero-order valence-electron chi connectivity index (χ0n) is 12.7. The number of para-hydroxylation sites is 1. The average molecular weight is 278 g/mol. The van der Waals surface area contributed by atoms with Crippen LogP contribution in [-0.4, -0.2) is 36.5 Å². The zero-order valence-corrected chi connectivity index (χ0v) is 12.7. The van der Waals surface area contributed by atoms with Crippen molar-refractivity contribution in [3.05, 3.63) is 29.8 Å². The summed E-state index contributed by atoms with van der Waals surface area (Å²) in [5, 5.41) is 9.44. The molecule has 0 spiro atoms. The molecule has 0 saturated carbocycles. The summed E-state index contributed by atoms with van der Waals surface area (Å²) in [4.78, 5) is 2.29. The summed E-state index contributed by atoms with van der Waals surface area (Å²) in [6.45, 7) is 7.77. The van der Waals surface area contributed by atoms with Crippen LogP contribution in [0.1, 0.15) is 38.8 Å². The van der Waals surface area contributed by atoms with E-state index in [2.05, 4.69) is 37.8 Å². The second kappa shape index (κ2) is 6.12. The van der Waals surface area contributed by atoms with Crippen molar-refractivity contribution in [3.63, 3.8) is 0 Å². The molecule has 1 aromatic rings. The molecule has 112 valence electrons. The monoisotopic (exact) mass is 278 g/mol. The van der Waals surface area contributed by atoms with Gasteiger partial charge in [0.15, 0.2) is 0 Å². The second-order valence-corrected chi connectivity index (χ2v) is 6.14. The predicted molar refractivity (Wildman–Crippen MR) is 81.9 cm³/mol. The van der Waals surface area contributed by atoms with Crippen molar-refractivity contribution in [1.82, 2.24) is 0 Å². The Morgan fingerprint density at radius 1 is 1.45 bits per heavy atom. The highest BCUT2D eigenvalue weighted by Gasteiger charge is 2.34. The largest absolute Gasteiger partial charge is 0.394 e. The van der Waals surface area contributed by atoms with Crippen molar-refractivity contribution in [2.75, 3.05) is 24.6 Å². The van der Waals surface area contributed by atoms with E-state index in [0.717, 1.165) is 18.7 Å². The minimum atomic E-state index is -0.269. The third-order valence-electron chi connectivity index (χ3n) is 3.80. The minimum Gasteiger partial charge on any atom is -0.394 e. The first-order valence-corrected chi connectivity index (χ1v) is 7.35. The van der Waals surface area contributed by atoms with Crippen molar-refractivity contribution in [2.24, 2.45) is 5.73 Å². The van der Waals surface area contributed by atoms with Gasteiger partial charge in [-0.05, 0) is 31.9 Å². The normalized spacial score (nSPS) is 23.6. The minimum absolute atomic E-state index is 0.0436. The molecule has 2 rings (SSSR count). The Bertz CT molecular complexity index is 448. The molecule has 0 radical (unpaired) electrons. The summed E-state index contributed by atoms with van der Waals surface area (Å²) in [6, 6.07) is 8.33. The molecule has 1 heterocycles. The van der Waals surface area contributed by atoms with Gasteiger partial charge in [-0.3, -0.25) is 0 Å². The van der Waals surface area contributed by atoms with Crippen molar-refractivity contribution < 1.29 is 9.84 Å². The van der Waals surface area contributed by atoms with Crippen molar-refractivity contribution in [1.29, 1.82) is 0 Å². The fourth-order valence-corrected chi connectivity index (χ4v) is 2.88.